The molecule has 1 N–H and O–H groups in total. The summed E-state index contributed by atoms with van der Waals surface area (Å²) < 4.78 is 0. The predicted octanol–water partition coefficient (Wildman–Crippen LogP) is 1.60. The van der Waals surface area contributed by atoms with Crippen LogP contribution in [0.2, 0.25) is 0 Å². The maximum absolute atomic E-state index is 4.70. The standard InChI is InChI=1S/C9H9N3O/c1-13-12-9-10-6-7-4-2-3-5-8(7)11-9/h2-6H,1H3,(H,10,11,12). The minimum Gasteiger partial charge on any atom is -0.277 e. The van der Waals surface area contributed by atoms with Crippen LogP contribution in [0, 0.1) is 0 Å². The second-order valence-electron chi connectivity index (χ2n) is 2.56. The molecule has 4 heteroatoms. The van der Waals surface area contributed by atoms with E-state index >= 15 is 0 Å². The van der Waals surface area contributed by atoms with E-state index in [2.05, 4.69) is 15.4 Å². The summed E-state index contributed by atoms with van der Waals surface area (Å²) >= 11 is 0. The highest BCUT2D eigenvalue weighted by molar-refractivity contribution is 5.78. The fraction of sp³-hybridized carbons (Fsp3) is 0.111. The third-order valence-electron chi connectivity index (χ3n) is 1.68. The average Bonchev–Trinajstić information content (AvgIpc) is 2.18. The average molecular weight is 175 g/mol. The van der Waals surface area contributed by atoms with Gasteiger partial charge in [0, 0.05) is 11.6 Å². The van der Waals surface area contributed by atoms with E-state index in [0.717, 1.165) is 10.9 Å². The predicted molar refractivity (Wildman–Crippen MR) is 50.2 cm³/mol. The van der Waals surface area contributed by atoms with Gasteiger partial charge in [0.05, 0.1) is 12.6 Å². The number of rotatable bonds is 2. The van der Waals surface area contributed by atoms with E-state index in [9.17, 15) is 0 Å². The SMILES string of the molecule is CONc1ncc2ccccc2n1. The Labute approximate surface area is 75.5 Å². The Morgan fingerprint density at radius 1 is 1.31 bits per heavy atom. The second kappa shape index (κ2) is 3.37. The number of aromatic nitrogens is 2. The molecule has 1 heterocycles. The summed E-state index contributed by atoms with van der Waals surface area (Å²) in [4.78, 5) is 13.0. The fourth-order valence-electron chi connectivity index (χ4n) is 1.11. The monoisotopic (exact) mass is 175 g/mol. The molecule has 13 heavy (non-hydrogen) atoms. The van der Waals surface area contributed by atoms with Crippen molar-refractivity contribution in [3.8, 4) is 0 Å². The summed E-state index contributed by atoms with van der Waals surface area (Å²) in [5.41, 5.74) is 3.48. The lowest BCUT2D eigenvalue weighted by molar-refractivity contribution is 0.267. The van der Waals surface area contributed by atoms with Gasteiger partial charge in [-0.3, -0.25) is 4.84 Å². The molecule has 0 radical (unpaired) electrons. The third kappa shape index (κ3) is 1.57. The molecule has 66 valence electrons. The minimum atomic E-state index is 0.473. The van der Waals surface area contributed by atoms with E-state index in [1.807, 2.05) is 24.3 Å². The first kappa shape index (κ1) is 7.94. The molecular formula is C9H9N3O. The molecule has 0 spiro atoms. The molecule has 1 aromatic heterocycles. The lowest BCUT2D eigenvalue weighted by Crippen LogP contribution is -2.00. The van der Waals surface area contributed by atoms with Crippen molar-refractivity contribution in [3.05, 3.63) is 30.5 Å². The van der Waals surface area contributed by atoms with Gasteiger partial charge in [-0.25, -0.2) is 15.4 Å². The van der Waals surface area contributed by atoms with Gasteiger partial charge in [0.15, 0.2) is 0 Å². The number of para-hydroxylation sites is 1. The summed E-state index contributed by atoms with van der Waals surface area (Å²) in [5.74, 6) is 0.473. The van der Waals surface area contributed by atoms with Crippen molar-refractivity contribution in [3.63, 3.8) is 0 Å². The van der Waals surface area contributed by atoms with Crippen LogP contribution in [0.1, 0.15) is 0 Å². The first-order valence-electron chi connectivity index (χ1n) is 3.91. The molecule has 0 unspecified atom stereocenters. The molecule has 1 aromatic carbocycles. The minimum absolute atomic E-state index is 0.473. The zero-order valence-corrected chi connectivity index (χ0v) is 7.19. The fourth-order valence-corrected chi connectivity index (χ4v) is 1.11. The van der Waals surface area contributed by atoms with Crippen LogP contribution in [0.25, 0.3) is 10.9 Å². The van der Waals surface area contributed by atoms with E-state index in [1.165, 1.54) is 7.11 Å². The van der Waals surface area contributed by atoms with Crippen molar-refractivity contribution in [1.82, 2.24) is 9.97 Å². The smallest absolute Gasteiger partial charge is 0.247 e. The summed E-state index contributed by atoms with van der Waals surface area (Å²) in [6.45, 7) is 0. The largest absolute Gasteiger partial charge is 0.277 e. The first-order chi connectivity index (χ1) is 6.40. The topological polar surface area (TPSA) is 47.0 Å². The van der Waals surface area contributed by atoms with Gasteiger partial charge >= 0.3 is 0 Å². The highest BCUT2D eigenvalue weighted by Crippen LogP contribution is 2.11. The van der Waals surface area contributed by atoms with Gasteiger partial charge in [-0.05, 0) is 6.07 Å². The van der Waals surface area contributed by atoms with E-state index in [4.69, 9.17) is 4.84 Å². The highest BCUT2D eigenvalue weighted by atomic mass is 16.6. The Kier molecular flexibility index (Phi) is 2.06. The van der Waals surface area contributed by atoms with Gasteiger partial charge < -0.3 is 0 Å². The van der Waals surface area contributed by atoms with Crippen LogP contribution < -0.4 is 5.48 Å². The Morgan fingerprint density at radius 3 is 3.00 bits per heavy atom. The van der Waals surface area contributed by atoms with Crippen LogP contribution in [-0.4, -0.2) is 17.1 Å². The molecule has 2 aromatic rings. The Hall–Kier alpha value is -1.68. The second-order valence-corrected chi connectivity index (χ2v) is 2.56. The number of hydrogen-bond donors (Lipinski definition) is 1. The number of nitrogens with one attached hydrogen (secondary N) is 1. The Balaban J connectivity index is 2.49. The molecule has 0 aliphatic rings. The Morgan fingerprint density at radius 2 is 2.15 bits per heavy atom. The molecule has 0 saturated carbocycles. The van der Waals surface area contributed by atoms with Crippen LogP contribution in [0.4, 0.5) is 5.95 Å². The van der Waals surface area contributed by atoms with E-state index < -0.39 is 0 Å². The molecule has 0 aliphatic heterocycles. The van der Waals surface area contributed by atoms with E-state index in [1.54, 1.807) is 6.20 Å². The van der Waals surface area contributed by atoms with Crippen molar-refractivity contribution >= 4 is 16.9 Å². The van der Waals surface area contributed by atoms with Crippen molar-refractivity contribution in [1.29, 1.82) is 0 Å². The van der Waals surface area contributed by atoms with Crippen LogP contribution >= 0.6 is 0 Å². The lowest BCUT2D eigenvalue weighted by atomic mass is 10.2. The van der Waals surface area contributed by atoms with Gasteiger partial charge in [-0.2, -0.15) is 0 Å². The van der Waals surface area contributed by atoms with Gasteiger partial charge in [0.2, 0.25) is 5.95 Å². The quantitative estimate of drug-likeness (QED) is 0.704. The summed E-state index contributed by atoms with van der Waals surface area (Å²) in [6, 6.07) is 7.78. The van der Waals surface area contributed by atoms with Crippen LogP contribution in [0.5, 0.6) is 0 Å². The number of fused-ring (bicyclic) bond motifs is 1. The normalized spacial score (nSPS) is 10.2. The van der Waals surface area contributed by atoms with Crippen molar-refractivity contribution in [2.45, 2.75) is 0 Å². The number of hydrogen-bond acceptors (Lipinski definition) is 4. The summed E-state index contributed by atoms with van der Waals surface area (Å²) in [5, 5.41) is 1.02. The molecule has 4 nitrogen and oxygen atoms in total. The zero-order chi connectivity index (χ0) is 9.10. The molecule has 0 atom stereocenters. The van der Waals surface area contributed by atoms with E-state index in [-0.39, 0.29) is 0 Å². The molecular weight excluding hydrogens is 166 g/mol. The van der Waals surface area contributed by atoms with Crippen molar-refractivity contribution in [2.24, 2.45) is 0 Å². The number of anilines is 1. The highest BCUT2D eigenvalue weighted by Gasteiger charge is 1.96. The van der Waals surface area contributed by atoms with E-state index in [0.29, 0.717) is 5.95 Å². The number of nitrogens with zero attached hydrogens (tertiary/aromatic N) is 2. The van der Waals surface area contributed by atoms with Crippen molar-refractivity contribution in [2.75, 3.05) is 12.6 Å². The molecule has 0 saturated heterocycles. The molecule has 0 fully saturated rings. The molecule has 2 rings (SSSR count). The molecule has 0 amide bonds. The van der Waals surface area contributed by atoms with Gasteiger partial charge in [-0.15, -0.1) is 0 Å². The number of benzene rings is 1. The van der Waals surface area contributed by atoms with Crippen LogP contribution in [-0.2, 0) is 4.84 Å². The van der Waals surface area contributed by atoms with Crippen LogP contribution in [0.3, 0.4) is 0 Å². The van der Waals surface area contributed by atoms with Crippen LogP contribution in [0.15, 0.2) is 30.5 Å². The first-order valence-corrected chi connectivity index (χ1v) is 3.91. The van der Waals surface area contributed by atoms with Crippen molar-refractivity contribution < 1.29 is 4.84 Å². The maximum Gasteiger partial charge on any atom is 0.247 e. The van der Waals surface area contributed by atoms with Gasteiger partial charge in [0.1, 0.15) is 0 Å². The summed E-state index contributed by atoms with van der Waals surface area (Å²) in [6.07, 6.45) is 1.75. The third-order valence-corrected chi connectivity index (χ3v) is 1.68. The zero-order valence-electron chi connectivity index (χ0n) is 7.19. The molecule has 0 bridgehead atoms. The lowest BCUT2D eigenvalue weighted by Gasteiger charge is -2.01. The maximum atomic E-state index is 4.70. The van der Waals surface area contributed by atoms with Gasteiger partial charge in [0.25, 0.3) is 0 Å². The Bertz CT molecular complexity index is 416. The van der Waals surface area contributed by atoms with Gasteiger partial charge in [-0.1, -0.05) is 18.2 Å². The molecule has 0 aliphatic carbocycles. The summed E-state index contributed by atoms with van der Waals surface area (Å²) in [7, 11) is 1.53.